The first-order valence-electron chi connectivity index (χ1n) is 7.68. The summed E-state index contributed by atoms with van der Waals surface area (Å²) in [6.07, 6.45) is 0. The third-order valence-electron chi connectivity index (χ3n) is 3.42. The summed E-state index contributed by atoms with van der Waals surface area (Å²) < 4.78 is 17.7. The number of hydrogen-bond donors (Lipinski definition) is 1. The average Bonchev–Trinajstić information content (AvgIpc) is 2.63. The topological polar surface area (TPSA) is 75.7 Å². The van der Waals surface area contributed by atoms with Crippen molar-refractivity contribution in [1.82, 2.24) is 4.90 Å². The van der Waals surface area contributed by atoms with E-state index in [0.29, 0.717) is 10.7 Å². The summed E-state index contributed by atoms with van der Waals surface area (Å²) in [6, 6.07) is 9.29. The molecule has 2 amide bonds. The largest absolute Gasteiger partial charge is 0.452 e. The molecule has 0 saturated heterocycles. The Labute approximate surface area is 164 Å². The number of nitrogens with one attached hydrogen (secondary N) is 1. The lowest BCUT2D eigenvalue weighted by atomic mass is 10.2. The van der Waals surface area contributed by atoms with Gasteiger partial charge in [-0.25, -0.2) is 9.18 Å². The number of halogens is 3. The molecule has 0 saturated carbocycles. The molecular weight excluding hydrogens is 398 g/mol. The second-order valence-electron chi connectivity index (χ2n) is 5.51. The first-order valence-corrected chi connectivity index (χ1v) is 8.43. The molecule has 0 aliphatic carbocycles. The van der Waals surface area contributed by atoms with Crippen LogP contribution < -0.4 is 5.32 Å². The van der Waals surface area contributed by atoms with E-state index in [4.69, 9.17) is 27.9 Å². The highest BCUT2D eigenvalue weighted by atomic mass is 35.5. The van der Waals surface area contributed by atoms with E-state index in [2.05, 4.69) is 5.32 Å². The zero-order valence-electron chi connectivity index (χ0n) is 14.2. The molecule has 0 aliphatic heterocycles. The van der Waals surface area contributed by atoms with Crippen LogP contribution in [-0.4, -0.2) is 42.9 Å². The van der Waals surface area contributed by atoms with Crippen LogP contribution in [0.15, 0.2) is 42.5 Å². The van der Waals surface area contributed by atoms with Gasteiger partial charge in [-0.2, -0.15) is 0 Å². The lowest BCUT2D eigenvalue weighted by Gasteiger charge is -2.17. The van der Waals surface area contributed by atoms with E-state index < -0.39 is 30.2 Å². The Hall–Kier alpha value is -2.64. The Balaban J connectivity index is 1.82. The van der Waals surface area contributed by atoms with E-state index in [1.54, 1.807) is 6.07 Å². The lowest BCUT2D eigenvalue weighted by Crippen LogP contribution is -2.37. The number of benzene rings is 2. The summed E-state index contributed by atoms with van der Waals surface area (Å²) >= 11 is 11.7. The number of amides is 2. The van der Waals surface area contributed by atoms with Crippen molar-refractivity contribution in [3.63, 3.8) is 0 Å². The van der Waals surface area contributed by atoms with Gasteiger partial charge in [0.2, 0.25) is 5.91 Å². The lowest BCUT2D eigenvalue weighted by molar-refractivity contribution is -0.136. The van der Waals surface area contributed by atoms with Crippen molar-refractivity contribution < 1.29 is 23.5 Å². The number of rotatable bonds is 6. The van der Waals surface area contributed by atoms with Gasteiger partial charge in [0.05, 0.1) is 22.2 Å². The van der Waals surface area contributed by atoms with E-state index >= 15 is 0 Å². The third-order valence-corrected chi connectivity index (χ3v) is 4.16. The Kier molecular flexibility index (Phi) is 7.15. The summed E-state index contributed by atoms with van der Waals surface area (Å²) in [5.74, 6) is -2.30. The molecule has 27 heavy (non-hydrogen) atoms. The van der Waals surface area contributed by atoms with Crippen LogP contribution >= 0.6 is 23.2 Å². The van der Waals surface area contributed by atoms with E-state index in [0.717, 1.165) is 17.0 Å². The first kappa shape index (κ1) is 20.7. The van der Waals surface area contributed by atoms with E-state index in [1.165, 1.54) is 31.3 Å². The molecule has 142 valence electrons. The van der Waals surface area contributed by atoms with Gasteiger partial charge >= 0.3 is 5.97 Å². The van der Waals surface area contributed by atoms with Gasteiger partial charge in [0.15, 0.2) is 6.61 Å². The van der Waals surface area contributed by atoms with Gasteiger partial charge in [0, 0.05) is 12.7 Å². The van der Waals surface area contributed by atoms with Crippen molar-refractivity contribution in [1.29, 1.82) is 0 Å². The molecular formula is C18H15Cl2FN2O4. The van der Waals surface area contributed by atoms with Crippen molar-refractivity contribution in [3.8, 4) is 0 Å². The van der Waals surface area contributed by atoms with Crippen LogP contribution in [0.2, 0.25) is 10.0 Å². The van der Waals surface area contributed by atoms with Gasteiger partial charge in [-0.05, 0) is 42.5 Å². The predicted molar refractivity (Wildman–Crippen MR) is 99.4 cm³/mol. The minimum atomic E-state index is -0.767. The zero-order chi connectivity index (χ0) is 20.0. The average molecular weight is 413 g/mol. The van der Waals surface area contributed by atoms with Crippen LogP contribution in [0, 0.1) is 5.82 Å². The molecule has 0 aliphatic rings. The third kappa shape index (κ3) is 6.23. The number of anilines is 1. The number of likely N-dealkylation sites (N-methyl/N-ethyl adjacent to an activating group) is 1. The molecule has 0 aromatic heterocycles. The smallest absolute Gasteiger partial charge is 0.338 e. The summed E-state index contributed by atoms with van der Waals surface area (Å²) in [4.78, 5) is 36.9. The molecule has 0 spiro atoms. The monoisotopic (exact) mass is 412 g/mol. The molecule has 0 radical (unpaired) electrons. The van der Waals surface area contributed by atoms with Gasteiger partial charge in [-0.1, -0.05) is 23.2 Å². The zero-order valence-corrected chi connectivity index (χ0v) is 15.7. The van der Waals surface area contributed by atoms with Crippen LogP contribution in [0.25, 0.3) is 0 Å². The Morgan fingerprint density at radius 2 is 1.74 bits per heavy atom. The maximum atomic E-state index is 12.8. The quantitative estimate of drug-likeness (QED) is 0.737. The Morgan fingerprint density at radius 3 is 2.37 bits per heavy atom. The summed E-state index contributed by atoms with van der Waals surface area (Å²) in [7, 11) is 1.39. The van der Waals surface area contributed by atoms with Gasteiger partial charge in [0.1, 0.15) is 5.82 Å². The minimum Gasteiger partial charge on any atom is -0.452 e. The van der Waals surface area contributed by atoms with Crippen molar-refractivity contribution in [2.24, 2.45) is 0 Å². The van der Waals surface area contributed by atoms with Crippen molar-refractivity contribution in [2.75, 3.05) is 25.5 Å². The van der Waals surface area contributed by atoms with Crippen molar-refractivity contribution >= 4 is 46.7 Å². The molecule has 2 aromatic rings. The number of esters is 1. The highest BCUT2D eigenvalue weighted by Gasteiger charge is 2.16. The molecule has 2 aromatic carbocycles. The van der Waals surface area contributed by atoms with E-state index in [1.807, 2.05) is 0 Å². The van der Waals surface area contributed by atoms with E-state index in [9.17, 15) is 18.8 Å². The van der Waals surface area contributed by atoms with E-state index in [-0.39, 0.29) is 17.1 Å². The maximum Gasteiger partial charge on any atom is 0.338 e. The highest BCUT2D eigenvalue weighted by molar-refractivity contribution is 6.42. The second kappa shape index (κ2) is 9.34. The molecule has 0 fully saturated rings. The number of ether oxygens (including phenoxy) is 1. The summed E-state index contributed by atoms with van der Waals surface area (Å²) in [5.41, 5.74) is 0.544. The van der Waals surface area contributed by atoms with Gasteiger partial charge < -0.3 is 15.0 Å². The van der Waals surface area contributed by atoms with Gasteiger partial charge in [0.25, 0.3) is 5.91 Å². The minimum absolute atomic E-state index is 0.115. The molecule has 0 atom stereocenters. The molecule has 0 heterocycles. The fourth-order valence-corrected chi connectivity index (χ4v) is 2.28. The van der Waals surface area contributed by atoms with Gasteiger partial charge in [-0.3, -0.25) is 9.59 Å². The normalized spacial score (nSPS) is 10.2. The van der Waals surface area contributed by atoms with Crippen LogP contribution in [0.3, 0.4) is 0 Å². The fraction of sp³-hybridized carbons (Fsp3) is 0.167. The maximum absolute atomic E-state index is 12.8. The molecule has 0 bridgehead atoms. The van der Waals surface area contributed by atoms with Crippen LogP contribution in [-0.2, 0) is 14.3 Å². The highest BCUT2D eigenvalue weighted by Crippen LogP contribution is 2.24. The van der Waals surface area contributed by atoms with Crippen molar-refractivity contribution in [3.05, 3.63) is 63.9 Å². The fourth-order valence-electron chi connectivity index (χ4n) is 1.98. The van der Waals surface area contributed by atoms with Crippen molar-refractivity contribution in [2.45, 2.75) is 0 Å². The standard InChI is InChI=1S/C18H15Cl2FN2O4/c1-23(9-16(24)22-13-6-7-14(19)15(20)8-13)17(25)10-27-18(26)11-2-4-12(21)5-3-11/h2-8H,9-10H2,1H3,(H,22,24). The Bertz CT molecular complexity index is 859. The number of nitrogens with zero attached hydrogens (tertiary/aromatic N) is 1. The summed E-state index contributed by atoms with van der Waals surface area (Å²) in [5, 5.41) is 3.21. The molecule has 1 N–H and O–H groups in total. The van der Waals surface area contributed by atoms with Crippen LogP contribution in [0.1, 0.15) is 10.4 Å². The Morgan fingerprint density at radius 1 is 1.07 bits per heavy atom. The first-order chi connectivity index (χ1) is 12.8. The second-order valence-corrected chi connectivity index (χ2v) is 6.32. The number of carbonyl (C=O) groups excluding carboxylic acids is 3. The number of carbonyl (C=O) groups is 3. The van der Waals surface area contributed by atoms with Gasteiger partial charge in [-0.15, -0.1) is 0 Å². The summed E-state index contributed by atoms with van der Waals surface area (Å²) in [6.45, 7) is -0.806. The molecule has 6 nitrogen and oxygen atoms in total. The van der Waals surface area contributed by atoms with Crippen LogP contribution in [0.4, 0.5) is 10.1 Å². The predicted octanol–water partition coefficient (Wildman–Crippen LogP) is 3.39. The molecule has 0 unspecified atom stereocenters. The molecule has 2 rings (SSSR count). The SMILES string of the molecule is CN(CC(=O)Nc1ccc(Cl)c(Cl)c1)C(=O)COC(=O)c1ccc(F)cc1. The van der Waals surface area contributed by atoms with Crippen LogP contribution in [0.5, 0.6) is 0 Å². The molecule has 9 heteroatoms. The number of hydrogen-bond acceptors (Lipinski definition) is 4.